The highest BCUT2D eigenvalue weighted by molar-refractivity contribution is 9.11. The summed E-state index contributed by atoms with van der Waals surface area (Å²) in [5.41, 5.74) is 0.731. The van der Waals surface area contributed by atoms with E-state index in [0.29, 0.717) is 20.1 Å². The Balaban J connectivity index is 2.68. The van der Waals surface area contributed by atoms with Gasteiger partial charge in [0.25, 0.3) is 5.69 Å². The Morgan fingerprint density at radius 1 is 0.960 bits per heavy atom. The van der Waals surface area contributed by atoms with Crippen molar-refractivity contribution in [2.45, 2.75) is 6.42 Å². The predicted octanol–water partition coefficient (Wildman–Crippen LogP) is 7.77. The number of benzene rings is 2. The first-order valence-corrected chi connectivity index (χ1v) is 9.01. The second-order valence-corrected chi connectivity index (χ2v) is 7.51. The Morgan fingerprint density at radius 3 is 1.88 bits per heavy atom. The molecule has 0 aliphatic rings. The minimum Gasteiger partial charge on any atom is -0.258 e. The molecular formula is C15H4Br2Cl3N3O2. The van der Waals surface area contributed by atoms with Gasteiger partial charge in [0.15, 0.2) is 0 Å². The molecule has 2 rings (SSSR count). The van der Waals surface area contributed by atoms with Crippen molar-refractivity contribution in [2.24, 2.45) is 0 Å². The summed E-state index contributed by atoms with van der Waals surface area (Å²) >= 11 is 25.2. The maximum absolute atomic E-state index is 10.9. The van der Waals surface area contributed by atoms with Crippen LogP contribution in [0.1, 0.15) is 11.1 Å². The second kappa shape index (κ2) is 7.90. The SMILES string of the molecule is [C-]#[N+]c1c(Cl)c(Cl)c(Cc2c(Br)cc([N+](=O)[O-])cc2Br)c(Cl)c1[N+]#[C-]. The quantitative estimate of drug-likeness (QED) is 0.178. The van der Waals surface area contributed by atoms with Crippen LogP contribution in [0.25, 0.3) is 9.69 Å². The zero-order chi connectivity index (χ0) is 18.9. The van der Waals surface area contributed by atoms with Crippen molar-refractivity contribution in [1.82, 2.24) is 0 Å². The lowest BCUT2D eigenvalue weighted by molar-refractivity contribution is -0.385. The highest BCUT2D eigenvalue weighted by Crippen LogP contribution is 2.49. The highest BCUT2D eigenvalue weighted by atomic mass is 79.9. The minimum atomic E-state index is -0.516. The van der Waals surface area contributed by atoms with Crippen LogP contribution in [-0.4, -0.2) is 4.92 Å². The van der Waals surface area contributed by atoms with Crippen LogP contribution >= 0.6 is 66.7 Å². The van der Waals surface area contributed by atoms with Crippen molar-refractivity contribution in [3.63, 3.8) is 0 Å². The summed E-state index contributed by atoms with van der Waals surface area (Å²) in [7, 11) is 0. The predicted molar refractivity (Wildman–Crippen MR) is 105 cm³/mol. The van der Waals surface area contributed by atoms with Crippen LogP contribution in [0.2, 0.25) is 15.1 Å². The van der Waals surface area contributed by atoms with Crippen molar-refractivity contribution in [3.05, 3.63) is 80.2 Å². The molecular weight excluding hydrogens is 520 g/mol. The van der Waals surface area contributed by atoms with E-state index in [0.717, 1.165) is 0 Å². The smallest absolute Gasteiger partial charge is 0.258 e. The van der Waals surface area contributed by atoms with E-state index in [1.165, 1.54) is 12.1 Å². The molecule has 0 heterocycles. The fraction of sp³-hybridized carbons (Fsp3) is 0.0667. The van der Waals surface area contributed by atoms with E-state index in [1.807, 2.05) is 0 Å². The number of hydrogen-bond donors (Lipinski definition) is 0. The largest absolute Gasteiger partial charge is 0.271 e. The van der Waals surface area contributed by atoms with Gasteiger partial charge in [-0.15, -0.1) is 0 Å². The molecule has 0 saturated heterocycles. The fourth-order valence-corrected chi connectivity index (χ4v) is 4.36. The fourth-order valence-electron chi connectivity index (χ4n) is 2.08. The molecule has 0 unspecified atom stereocenters. The van der Waals surface area contributed by atoms with Gasteiger partial charge in [0.05, 0.1) is 28.1 Å². The van der Waals surface area contributed by atoms with E-state index in [-0.39, 0.29) is 38.6 Å². The molecule has 0 aromatic heterocycles. The van der Waals surface area contributed by atoms with Gasteiger partial charge in [-0.3, -0.25) is 10.1 Å². The van der Waals surface area contributed by atoms with Gasteiger partial charge in [0.2, 0.25) is 11.4 Å². The number of non-ortho nitro benzene ring substituents is 1. The third kappa shape index (κ3) is 3.76. The van der Waals surface area contributed by atoms with E-state index in [2.05, 4.69) is 41.5 Å². The van der Waals surface area contributed by atoms with E-state index in [4.69, 9.17) is 47.9 Å². The summed E-state index contributed by atoms with van der Waals surface area (Å²) in [5, 5.41) is 11.0. The van der Waals surface area contributed by atoms with E-state index in [1.54, 1.807) is 0 Å². The molecule has 10 heteroatoms. The number of nitrogens with zero attached hydrogens (tertiary/aromatic N) is 3. The first kappa shape index (κ1) is 20.0. The Hall–Kier alpha value is -1.35. The average Bonchev–Trinajstić information content (AvgIpc) is 2.56. The molecule has 0 amide bonds. The number of rotatable bonds is 3. The third-order valence-electron chi connectivity index (χ3n) is 3.28. The van der Waals surface area contributed by atoms with Crippen LogP contribution < -0.4 is 0 Å². The molecule has 0 spiro atoms. The molecule has 0 aliphatic carbocycles. The van der Waals surface area contributed by atoms with Crippen LogP contribution in [0.4, 0.5) is 17.1 Å². The first-order chi connectivity index (χ1) is 11.7. The molecule has 0 atom stereocenters. The van der Waals surface area contributed by atoms with Crippen molar-refractivity contribution in [2.75, 3.05) is 0 Å². The summed E-state index contributed by atoms with van der Waals surface area (Å²) in [5.74, 6) is 0. The van der Waals surface area contributed by atoms with Crippen LogP contribution in [0.5, 0.6) is 0 Å². The van der Waals surface area contributed by atoms with Gasteiger partial charge in [0.1, 0.15) is 0 Å². The minimum absolute atomic E-state index is 0.0348. The van der Waals surface area contributed by atoms with Crippen LogP contribution in [0.3, 0.4) is 0 Å². The maximum Gasteiger partial charge on any atom is 0.271 e. The summed E-state index contributed by atoms with van der Waals surface area (Å²) < 4.78 is 0.936. The summed E-state index contributed by atoms with van der Waals surface area (Å²) in [6, 6.07) is 2.71. The molecule has 2 aromatic rings. The summed E-state index contributed by atoms with van der Waals surface area (Å²) in [6.07, 6.45) is 0.150. The van der Waals surface area contributed by atoms with E-state index in [9.17, 15) is 10.1 Å². The summed E-state index contributed by atoms with van der Waals surface area (Å²) in [4.78, 5) is 16.9. The lowest BCUT2D eigenvalue weighted by Gasteiger charge is -2.14. The second-order valence-electron chi connectivity index (χ2n) is 4.66. The zero-order valence-electron chi connectivity index (χ0n) is 11.9. The third-order valence-corrected chi connectivity index (χ3v) is 5.98. The van der Waals surface area contributed by atoms with Crippen molar-refractivity contribution < 1.29 is 4.92 Å². The van der Waals surface area contributed by atoms with Gasteiger partial charge >= 0.3 is 0 Å². The average molecular weight is 524 g/mol. The molecule has 0 radical (unpaired) electrons. The van der Waals surface area contributed by atoms with Gasteiger partial charge in [-0.05, 0) is 11.1 Å². The molecule has 0 N–H and O–H groups in total. The maximum atomic E-state index is 10.9. The first-order valence-electron chi connectivity index (χ1n) is 6.29. The standard InChI is InChI=1S/C15H4Br2Cl3N3O2/c1-21-14-12(19)8(11(18)13(20)15(14)22-2)5-7-9(16)3-6(23(24)25)4-10(7)17/h3-4H,5H2. The number of nitro benzene ring substituents is 1. The van der Waals surface area contributed by atoms with Crippen molar-refractivity contribution >= 4 is 83.7 Å². The Morgan fingerprint density at radius 2 is 1.44 bits per heavy atom. The van der Waals surface area contributed by atoms with Crippen molar-refractivity contribution in [1.29, 1.82) is 0 Å². The molecule has 0 fully saturated rings. The summed E-state index contributed by atoms with van der Waals surface area (Å²) in [6.45, 7) is 14.4. The molecule has 0 aliphatic heterocycles. The zero-order valence-corrected chi connectivity index (χ0v) is 17.3. The Bertz CT molecular complexity index is 974. The van der Waals surface area contributed by atoms with E-state index < -0.39 is 4.92 Å². The van der Waals surface area contributed by atoms with Crippen LogP contribution in [0, 0.1) is 23.3 Å². The lowest BCUT2D eigenvalue weighted by atomic mass is 10.0. The van der Waals surface area contributed by atoms with Gasteiger partial charge in [-0.2, -0.15) is 0 Å². The van der Waals surface area contributed by atoms with Crippen LogP contribution in [0.15, 0.2) is 21.1 Å². The number of hydrogen-bond acceptors (Lipinski definition) is 2. The molecule has 0 saturated carbocycles. The molecule has 2 aromatic carbocycles. The van der Waals surface area contributed by atoms with Crippen molar-refractivity contribution in [3.8, 4) is 0 Å². The van der Waals surface area contributed by atoms with Gasteiger partial charge in [0, 0.05) is 32.5 Å². The Labute approximate surface area is 174 Å². The number of halogens is 5. The van der Waals surface area contributed by atoms with Gasteiger partial charge < -0.3 is 0 Å². The Kier molecular flexibility index (Phi) is 6.31. The highest BCUT2D eigenvalue weighted by Gasteiger charge is 2.23. The molecule has 0 bridgehead atoms. The molecule has 126 valence electrons. The topological polar surface area (TPSA) is 51.9 Å². The number of nitro groups is 1. The van der Waals surface area contributed by atoms with E-state index >= 15 is 0 Å². The van der Waals surface area contributed by atoms with Crippen LogP contribution in [-0.2, 0) is 6.42 Å². The van der Waals surface area contributed by atoms with Gasteiger partial charge in [-0.25, -0.2) is 9.69 Å². The van der Waals surface area contributed by atoms with Gasteiger partial charge in [-0.1, -0.05) is 66.7 Å². The molecule has 25 heavy (non-hydrogen) atoms. The molecule has 5 nitrogen and oxygen atoms in total. The lowest BCUT2D eigenvalue weighted by Crippen LogP contribution is -1.97. The monoisotopic (exact) mass is 521 g/mol. The normalized spacial score (nSPS) is 10.2.